The first-order chi connectivity index (χ1) is 16.9. The highest BCUT2D eigenvalue weighted by Gasteiger charge is 2.27. The number of thiophene rings is 1. The number of piperazine rings is 1. The van der Waals surface area contributed by atoms with Crippen LogP contribution in [0.1, 0.15) is 21.6 Å². The quantitative estimate of drug-likeness (QED) is 0.289. The number of aromatic nitrogens is 2. The largest absolute Gasteiger partial charge is 0.368 e. The first-order valence-corrected chi connectivity index (χ1v) is 12.3. The Morgan fingerprint density at radius 1 is 1.00 bits per heavy atom. The molecule has 5 rings (SSSR count). The highest BCUT2D eigenvalue weighted by atomic mass is 32.1. The van der Waals surface area contributed by atoms with Gasteiger partial charge in [-0.3, -0.25) is 14.9 Å². The number of hydrogen-bond acceptors (Lipinski definition) is 6. The number of aryl methyl sites for hydroxylation is 2. The van der Waals surface area contributed by atoms with Crippen molar-refractivity contribution in [3.63, 3.8) is 0 Å². The van der Waals surface area contributed by atoms with Crippen molar-refractivity contribution in [1.82, 2.24) is 14.7 Å². The van der Waals surface area contributed by atoms with E-state index in [9.17, 15) is 14.9 Å². The molecule has 1 saturated heterocycles. The Balaban J connectivity index is 1.39. The number of carbonyl (C=O) groups excluding carboxylic acids is 1. The summed E-state index contributed by atoms with van der Waals surface area (Å²) in [7, 11) is 0. The van der Waals surface area contributed by atoms with Gasteiger partial charge in [-0.15, -0.1) is 11.3 Å². The zero-order valence-corrected chi connectivity index (χ0v) is 20.4. The summed E-state index contributed by atoms with van der Waals surface area (Å²) in [6, 6.07) is 18.6. The molecule has 4 aromatic rings. The Hall–Kier alpha value is -3.98. The van der Waals surface area contributed by atoms with Gasteiger partial charge < -0.3 is 9.80 Å². The molecule has 0 atom stereocenters. The molecule has 0 unspecified atom stereocenters. The zero-order valence-electron chi connectivity index (χ0n) is 19.5. The van der Waals surface area contributed by atoms with Crippen molar-refractivity contribution in [3.8, 4) is 16.3 Å². The van der Waals surface area contributed by atoms with Crippen molar-refractivity contribution in [2.45, 2.75) is 13.8 Å². The third-order valence-corrected chi connectivity index (χ3v) is 7.17. The summed E-state index contributed by atoms with van der Waals surface area (Å²) in [4.78, 5) is 29.2. The lowest BCUT2D eigenvalue weighted by molar-refractivity contribution is -0.384. The van der Waals surface area contributed by atoms with Crippen LogP contribution in [-0.2, 0) is 0 Å². The molecular weight excluding hydrogens is 462 g/mol. The van der Waals surface area contributed by atoms with Gasteiger partial charge >= 0.3 is 0 Å². The Morgan fingerprint density at radius 3 is 2.37 bits per heavy atom. The van der Waals surface area contributed by atoms with Crippen molar-refractivity contribution in [2.75, 3.05) is 31.1 Å². The second-order valence-corrected chi connectivity index (χ2v) is 9.59. The summed E-state index contributed by atoms with van der Waals surface area (Å²) in [6.45, 7) is 6.50. The predicted octanol–water partition coefficient (Wildman–Crippen LogP) is 5.09. The van der Waals surface area contributed by atoms with Crippen LogP contribution in [0.4, 0.5) is 11.4 Å². The van der Waals surface area contributed by atoms with Crippen molar-refractivity contribution in [3.05, 3.63) is 93.0 Å². The molecule has 1 amide bonds. The van der Waals surface area contributed by atoms with Gasteiger partial charge in [-0.05, 0) is 55.1 Å². The first-order valence-electron chi connectivity index (χ1n) is 11.4. The summed E-state index contributed by atoms with van der Waals surface area (Å²) in [5.74, 6) is -0.0522. The van der Waals surface area contributed by atoms with Crippen LogP contribution in [0.2, 0.25) is 0 Å². The molecule has 1 aliphatic rings. The van der Waals surface area contributed by atoms with Gasteiger partial charge in [-0.2, -0.15) is 5.10 Å². The Kier molecular flexibility index (Phi) is 6.08. The second kappa shape index (κ2) is 9.34. The summed E-state index contributed by atoms with van der Waals surface area (Å²) < 4.78 is 1.77. The van der Waals surface area contributed by atoms with E-state index in [4.69, 9.17) is 5.10 Å². The molecule has 9 heteroatoms. The fraction of sp³-hybridized carbons (Fsp3) is 0.231. The van der Waals surface area contributed by atoms with E-state index >= 15 is 0 Å². The average Bonchev–Trinajstić information content (AvgIpc) is 3.54. The maximum Gasteiger partial charge on any atom is 0.272 e. The van der Waals surface area contributed by atoms with Gasteiger partial charge in [0.2, 0.25) is 0 Å². The minimum absolute atomic E-state index is 0.0522. The molecule has 0 saturated carbocycles. The molecule has 1 fully saturated rings. The molecule has 178 valence electrons. The number of rotatable bonds is 5. The third kappa shape index (κ3) is 4.54. The average molecular weight is 488 g/mol. The first kappa shape index (κ1) is 22.8. The monoisotopic (exact) mass is 487 g/mol. The smallest absolute Gasteiger partial charge is 0.272 e. The van der Waals surface area contributed by atoms with Gasteiger partial charge in [-0.25, -0.2) is 4.68 Å². The molecule has 3 heterocycles. The number of non-ortho nitro benzene ring substituents is 1. The SMILES string of the molecule is Cc1ccc(-n2nc(-c3cccs3)cc2C(=O)N2CCN(c3ccc([N+](=O)[O-])cc3)CC2)c(C)c1. The number of benzene rings is 2. The second-order valence-electron chi connectivity index (χ2n) is 8.65. The van der Waals surface area contributed by atoms with Crippen molar-refractivity contribution in [1.29, 1.82) is 0 Å². The molecule has 0 aliphatic carbocycles. The van der Waals surface area contributed by atoms with Gasteiger partial charge in [0, 0.05) is 44.0 Å². The minimum Gasteiger partial charge on any atom is -0.368 e. The number of amides is 1. The lowest BCUT2D eigenvalue weighted by atomic mass is 10.1. The molecule has 8 nitrogen and oxygen atoms in total. The van der Waals surface area contributed by atoms with E-state index in [1.165, 1.54) is 12.1 Å². The van der Waals surface area contributed by atoms with Crippen LogP contribution in [0.3, 0.4) is 0 Å². The Morgan fingerprint density at radius 2 is 1.74 bits per heavy atom. The number of anilines is 1. The van der Waals surface area contributed by atoms with Crippen LogP contribution in [-0.4, -0.2) is 51.7 Å². The predicted molar refractivity (Wildman–Crippen MR) is 138 cm³/mol. The normalized spacial score (nSPS) is 13.8. The molecule has 1 aliphatic heterocycles. The van der Waals surface area contributed by atoms with Crippen molar-refractivity contribution < 1.29 is 9.72 Å². The lowest BCUT2D eigenvalue weighted by Gasteiger charge is -2.36. The van der Waals surface area contributed by atoms with E-state index in [2.05, 4.69) is 11.0 Å². The van der Waals surface area contributed by atoms with Crippen molar-refractivity contribution in [2.24, 2.45) is 0 Å². The van der Waals surface area contributed by atoms with Gasteiger partial charge in [0.15, 0.2) is 0 Å². The molecular formula is C26H25N5O3S. The number of hydrogen-bond donors (Lipinski definition) is 0. The molecule has 0 radical (unpaired) electrons. The van der Waals surface area contributed by atoms with E-state index < -0.39 is 4.92 Å². The number of nitro benzene ring substituents is 1. The van der Waals surface area contributed by atoms with E-state index in [-0.39, 0.29) is 11.6 Å². The summed E-state index contributed by atoms with van der Waals surface area (Å²) in [5, 5.41) is 17.8. The molecule has 2 aromatic heterocycles. The zero-order chi connectivity index (χ0) is 24.5. The summed E-state index contributed by atoms with van der Waals surface area (Å²) in [5.41, 5.74) is 5.44. The fourth-order valence-electron chi connectivity index (χ4n) is 4.42. The van der Waals surface area contributed by atoms with E-state index in [1.807, 2.05) is 54.5 Å². The standard InChI is InChI=1S/C26H25N5O3S/c1-18-5-10-23(19(2)16-18)30-24(17-22(27-30)25-4-3-15-35-25)26(32)29-13-11-28(12-14-29)20-6-8-21(9-7-20)31(33)34/h3-10,15-17H,11-14H2,1-2H3. The maximum absolute atomic E-state index is 13.7. The van der Waals surface area contributed by atoms with Gasteiger partial charge in [0.05, 0.1) is 15.5 Å². The summed E-state index contributed by atoms with van der Waals surface area (Å²) in [6.07, 6.45) is 0. The van der Waals surface area contributed by atoms with Crippen LogP contribution < -0.4 is 4.90 Å². The molecule has 0 spiro atoms. The topological polar surface area (TPSA) is 84.5 Å². The highest BCUT2D eigenvalue weighted by Crippen LogP contribution is 2.28. The fourth-order valence-corrected chi connectivity index (χ4v) is 5.10. The van der Waals surface area contributed by atoms with E-state index in [1.54, 1.807) is 28.2 Å². The minimum atomic E-state index is -0.399. The van der Waals surface area contributed by atoms with Gasteiger partial charge in [0.1, 0.15) is 11.4 Å². The molecule has 35 heavy (non-hydrogen) atoms. The lowest BCUT2D eigenvalue weighted by Crippen LogP contribution is -2.49. The van der Waals surface area contributed by atoms with Gasteiger partial charge in [0.25, 0.3) is 11.6 Å². The molecule has 0 N–H and O–H groups in total. The van der Waals surface area contributed by atoms with Crippen LogP contribution in [0, 0.1) is 24.0 Å². The summed E-state index contributed by atoms with van der Waals surface area (Å²) >= 11 is 1.60. The molecule has 2 aromatic carbocycles. The van der Waals surface area contributed by atoms with Crippen LogP contribution in [0.5, 0.6) is 0 Å². The number of nitro groups is 1. The maximum atomic E-state index is 13.7. The third-order valence-electron chi connectivity index (χ3n) is 6.28. The van der Waals surface area contributed by atoms with E-state index in [0.717, 1.165) is 33.1 Å². The Labute approximate surface area is 207 Å². The van der Waals surface area contributed by atoms with Crippen LogP contribution >= 0.6 is 11.3 Å². The molecule has 0 bridgehead atoms. The number of carbonyl (C=O) groups is 1. The van der Waals surface area contributed by atoms with E-state index in [0.29, 0.717) is 31.9 Å². The van der Waals surface area contributed by atoms with Crippen LogP contribution in [0.15, 0.2) is 66.0 Å². The van der Waals surface area contributed by atoms with Crippen molar-refractivity contribution >= 4 is 28.6 Å². The van der Waals surface area contributed by atoms with Crippen LogP contribution in [0.25, 0.3) is 16.3 Å². The number of nitrogens with zero attached hydrogens (tertiary/aromatic N) is 5. The Bertz CT molecular complexity index is 1370. The highest BCUT2D eigenvalue weighted by molar-refractivity contribution is 7.13. The van der Waals surface area contributed by atoms with Gasteiger partial charge in [-0.1, -0.05) is 23.8 Å².